The van der Waals surface area contributed by atoms with Crippen LogP contribution in [0.25, 0.3) is 10.9 Å². The normalized spacial score (nSPS) is 29.1. The molecule has 3 heteroatoms. The van der Waals surface area contributed by atoms with Crippen LogP contribution in [-0.4, -0.2) is 29.0 Å². The zero-order valence-corrected chi connectivity index (χ0v) is 12.6. The minimum atomic E-state index is 0.434. The van der Waals surface area contributed by atoms with Crippen molar-refractivity contribution >= 4 is 10.9 Å². The molecule has 2 aromatic rings. The van der Waals surface area contributed by atoms with Crippen molar-refractivity contribution < 1.29 is 0 Å². The second-order valence-electron chi connectivity index (χ2n) is 6.84. The molecule has 21 heavy (non-hydrogen) atoms. The van der Waals surface area contributed by atoms with Crippen molar-refractivity contribution in [2.45, 2.75) is 32.4 Å². The SMILES string of the molecule is Cc1ccc2cc(CN3CC4CCC(N)C4C3)ccc2n1. The fraction of sp³-hybridized carbons (Fsp3) is 0.500. The molecule has 1 aromatic heterocycles. The van der Waals surface area contributed by atoms with E-state index in [1.165, 1.54) is 36.9 Å². The lowest BCUT2D eigenvalue weighted by atomic mass is 9.98. The molecule has 2 N–H and O–H groups in total. The minimum Gasteiger partial charge on any atom is -0.327 e. The molecule has 0 radical (unpaired) electrons. The van der Waals surface area contributed by atoms with E-state index < -0.39 is 0 Å². The van der Waals surface area contributed by atoms with Crippen LogP contribution < -0.4 is 5.73 Å². The van der Waals surface area contributed by atoms with Gasteiger partial charge >= 0.3 is 0 Å². The molecule has 0 bridgehead atoms. The molecule has 2 heterocycles. The molecule has 1 saturated heterocycles. The summed E-state index contributed by atoms with van der Waals surface area (Å²) in [6.45, 7) is 5.49. The van der Waals surface area contributed by atoms with E-state index in [0.717, 1.165) is 29.6 Å². The van der Waals surface area contributed by atoms with Crippen molar-refractivity contribution in [2.24, 2.45) is 17.6 Å². The number of nitrogens with two attached hydrogens (primary N) is 1. The number of benzene rings is 1. The molecular formula is C18H23N3. The molecule has 3 nitrogen and oxygen atoms in total. The van der Waals surface area contributed by atoms with E-state index in [2.05, 4.69) is 40.2 Å². The van der Waals surface area contributed by atoms with Crippen molar-refractivity contribution in [3.63, 3.8) is 0 Å². The maximum Gasteiger partial charge on any atom is 0.0705 e. The van der Waals surface area contributed by atoms with E-state index in [4.69, 9.17) is 5.73 Å². The van der Waals surface area contributed by atoms with Gasteiger partial charge in [0.2, 0.25) is 0 Å². The number of hydrogen-bond donors (Lipinski definition) is 1. The summed E-state index contributed by atoms with van der Waals surface area (Å²) in [5.41, 5.74) is 9.80. The first-order chi connectivity index (χ1) is 10.2. The van der Waals surface area contributed by atoms with Crippen LogP contribution in [0.15, 0.2) is 30.3 Å². The van der Waals surface area contributed by atoms with Gasteiger partial charge in [-0.2, -0.15) is 0 Å². The Bertz CT molecular complexity index is 667. The summed E-state index contributed by atoms with van der Waals surface area (Å²) in [6, 6.07) is 11.4. The highest BCUT2D eigenvalue weighted by Crippen LogP contribution is 2.37. The summed E-state index contributed by atoms with van der Waals surface area (Å²) < 4.78 is 0. The average molecular weight is 281 g/mol. The van der Waals surface area contributed by atoms with Gasteiger partial charge in [0.15, 0.2) is 0 Å². The Labute approximate surface area is 126 Å². The lowest BCUT2D eigenvalue weighted by Gasteiger charge is -2.18. The topological polar surface area (TPSA) is 42.1 Å². The fourth-order valence-electron chi connectivity index (χ4n) is 4.16. The van der Waals surface area contributed by atoms with E-state index in [1.807, 2.05) is 6.92 Å². The van der Waals surface area contributed by atoms with Crippen molar-refractivity contribution in [1.82, 2.24) is 9.88 Å². The van der Waals surface area contributed by atoms with Crippen molar-refractivity contribution in [3.05, 3.63) is 41.6 Å². The van der Waals surface area contributed by atoms with Gasteiger partial charge in [-0.1, -0.05) is 12.1 Å². The second kappa shape index (κ2) is 5.08. The first-order valence-corrected chi connectivity index (χ1v) is 8.03. The molecule has 0 spiro atoms. The van der Waals surface area contributed by atoms with Crippen LogP contribution >= 0.6 is 0 Å². The van der Waals surface area contributed by atoms with Crippen LogP contribution in [0.2, 0.25) is 0 Å². The monoisotopic (exact) mass is 281 g/mol. The Morgan fingerprint density at radius 3 is 2.95 bits per heavy atom. The van der Waals surface area contributed by atoms with Crippen LogP contribution in [0.5, 0.6) is 0 Å². The Kier molecular flexibility index (Phi) is 3.20. The third-order valence-electron chi connectivity index (χ3n) is 5.29. The van der Waals surface area contributed by atoms with Crippen molar-refractivity contribution in [1.29, 1.82) is 0 Å². The highest BCUT2D eigenvalue weighted by molar-refractivity contribution is 5.79. The van der Waals surface area contributed by atoms with Gasteiger partial charge in [0, 0.05) is 36.8 Å². The van der Waals surface area contributed by atoms with Crippen LogP contribution in [0.4, 0.5) is 0 Å². The first-order valence-electron chi connectivity index (χ1n) is 8.03. The van der Waals surface area contributed by atoms with Gasteiger partial charge in [-0.05, 0) is 55.4 Å². The Balaban J connectivity index is 1.51. The first kappa shape index (κ1) is 13.2. The number of hydrogen-bond acceptors (Lipinski definition) is 3. The highest BCUT2D eigenvalue weighted by atomic mass is 15.2. The van der Waals surface area contributed by atoms with Gasteiger partial charge in [0.25, 0.3) is 0 Å². The van der Waals surface area contributed by atoms with Gasteiger partial charge in [-0.25, -0.2) is 0 Å². The number of aromatic nitrogens is 1. The lowest BCUT2D eigenvalue weighted by Crippen LogP contribution is -2.30. The van der Waals surface area contributed by atoms with E-state index >= 15 is 0 Å². The maximum absolute atomic E-state index is 6.23. The molecule has 0 amide bonds. The minimum absolute atomic E-state index is 0.434. The Hall–Kier alpha value is -1.45. The van der Waals surface area contributed by atoms with E-state index in [9.17, 15) is 0 Å². The van der Waals surface area contributed by atoms with Crippen LogP contribution in [0.3, 0.4) is 0 Å². The number of likely N-dealkylation sites (tertiary alicyclic amines) is 1. The molecule has 2 fully saturated rings. The molecule has 110 valence electrons. The largest absolute Gasteiger partial charge is 0.327 e. The fourth-order valence-corrected chi connectivity index (χ4v) is 4.16. The molecule has 3 atom stereocenters. The average Bonchev–Trinajstić information content (AvgIpc) is 3.01. The summed E-state index contributed by atoms with van der Waals surface area (Å²) in [5, 5.41) is 1.24. The van der Waals surface area contributed by atoms with Gasteiger partial charge < -0.3 is 5.73 Å². The zero-order valence-electron chi connectivity index (χ0n) is 12.6. The number of fused-ring (bicyclic) bond motifs is 2. The lowest BCUT2D eigenvalue weighted by molar-refractivity contribution is 0.298. The number of aryl methyl sites for hydroxylation is 1. The van der Waals surface area contributed by atoms with Gasteiger partial charge in [0.1, 0.15) is 0 Å². The van der Waals surface area contributed by atoms with Crippen molar-refractivity contribution in [3.8, 4) is 0 Å². The third kappa shape index (κ3) is 2.45. The molecule has 3 unspecified atom stereocenters. The second-order valence-corrected chi connectivity index (χ2v) is 6.84. The van der Waals surface area contributed by atoms with Crippen LogP contribution in [0.1, 0.15) is 24.1 Å². The number of pyridine rings is 1. The molecular weight excluding hydrogens is 258 g/mol. The number of nitrogens with zero attached hydrogens (tertiary/aromatic N) is 2. The predicted molar refractivity (Wildman–Crippen MR) is 85.9 cm³/mol. The molecule has 1 aliphatic heterocycles. The van der Waals surface area contributed by atoms with E-state index in [-0.39, 0.29) is 0 Å². The Morgan fingerprint density at radius 1 is 1.19 bits per heavy atom. The maximum atomic E-state index is 6.23. The van der Waals surface area contributed by atoms with Crippen LogP contribution in [-0.2, 0) is 6.54 Å². The summed E-state index contributed by atoms with van der Waals surface area (Å²) in [5.74, 6) is 1.57. The molecule has 4 rings (SSSR count). The van der Waals surface area contributed by atoms with Gasteiger partial charge in [-0.15, -0.1) is 0 Å². The summed E-state index contributed by atoms with van der Waals surface area (Å²) in [4.78, 5) is 7.16. The molecule has 1 aliphatic carbocycles. The number of rotatable bonds is 2. The van der Waals surface area contributed by atoms with E-state index in [0.29, 0.717) is 6.04 Å². The van der Waals surface area contributed by atoms with Gasteiger partial charge in [0.05, 0.1) is 5.52 Å². The van der Waals surface area contributed by atoms with Crippen LogP contribution in [0, 0.1) is 18.8 Å². The standard InChI is InChI=1S/C18H23N3/c1-12-2-4-14-8-13(3-7-18(14)20-12)9-21-10-15-5-6-17(19)16(15)11-21/h2-4,7-8,15-17H,5-6,9-11,19H2,1H3. The summed E-state index contributed by atoms with van der Waals surface area (Å²) in [6.07, 6.45) is 2.55. The zero-order chi connectivity index (χ0) is 14.4. The third-order valence-corrected chi connectivity index (χ3v) is 5.29. The Morgan fingerprint density at radius 2 is 2.10 bits per heavy atom. The molecule has 2 aliphatic rings. The molecule has 1 aromatic carbocycles. The highest BCUT2D eigenvalue weighted by Gasteiger charge is 2.40. The van der Waals surface area contributed by atoms with Crippen molar-refractivity contribution in [2.75, 3.05) is 13.1 Å². The quantitative estimate of drug-likeness (QED) is 0.920. The predicted octanol–water partition coefficient (Wildman–Crippen LogP) is 2.71. The van der Waals surface area contributed by atoms with Gasteiger partial charge in [-0.3, -0.25) is 9.88 Å². The summed E-state index contributed by atoms with van der Waals surface area (Å²) in [7, 11) is 0. The van der Waals surface area contributed by atoms with E-state index in [1.54, 1.807) is 0 Å². The summed E-state index contributed by atoms with van der Waals surface area (Å²) >= 11 is 0. The molecule has 1 saturated carbocycles. The smallest absolute Gasteiger partial charge is 0.0705 e.